The molecule has 0 atom stereocenters. The molecule has 0 unspecified atom stereocenters. The molecule has 3 nitrogen and oxygen atoms in total. The molecule has 11 rings (SSSR count). The SMILES string of the molecule is c1ccc([Si](c2ccccc2)(c2ccc(-n3c4ccccc4c4ccccc43)cc2)c2ccc(-n3c4ccccc4c4c5ccccc5oc43)cc2)cc1. The van der Waals surface area contributed by atoms with Crippen LogP contribution in [-0.4, -0.2) is 17.2 Å². The zero-order valence-corrected chi connectivity index (χ0v) is 30.4. The number of hydrogen-bond acceptors (Lipinski definition) is 1. The Labute approximate surface area is 313 Å². The Kier molecular flexibility index (Phi) is 6.88. The number of nitrogens with zero attached hydrogens (tertiary/aromatic N) is 2. The van der Waals surface area contributed by atoms with E-state index in [4.69, 9.17) is 4.42 Å². The second kappa shape index (κ2) is 12.1. The molecule has 0 aliphatic carbocycles. The largest absolute Gasteiger partial charge is 0.439 e. The van der Waals surface area contributed by atoms with Gasteiger partial charge in [-0.1, -0.05) is 158 Å². The summed E-state index contributed by atoms with van der Waals surface area (Å²) in [5, 5.41) is 11.4. The Bertz CT molecular complexity index is 3040. The minimum atomic E-state index is -2.80. The highest BCUT2D eigenvalue weighted by atomic mass is 28.3. The molecule has 0 spiro atoms. The molecule has 8 aromatic carbocycles. The molecule has 254 valence electrons. The minimum absolute atomic E-state index is 0.875. The number of hydrogen-bond donors (Lipinski definition) is 0. The van der Waals surface area contributed by atoms with E-state index < -0.39 is 8.07 Å². The fourth-order valence-electron chi connectivity index (χ4n) is 8.99. The van der Waals surface area contributed by atoms with Crippen LogP contribution in [0.1, 0.15) is 0 Å². The van der Waals surface area contributed by atoms with Crippen LogP contribution in [0, 0.1) is 0 Å². The first-order valence-electron chi connectivity index (χ1n) is 18.5. The van der Waals surface area contributed by atoms with Gasteiger partial charge in [-0.15, -0.1) is 0 Å². The molecule has 0 bridgehead atoms. The lowest BCUT2D eigenvalue weighted by molar-refractivity contribution is 0.645. The molecular formula is C50H34N2OSi. The summed E-state index contributed by atoms with van der Waals surface area (Å²) >= 11 is 0. The van der Waals surface area contributed by atoms with Crippen LogP contribution in [-0.2, 0) is 0 Å². The minimum Gasteiger partial charge on any atom is -0.439 e. The van der Waals surface area contributed by atoms with Crippen LogP contribution >= 0.6 is 0 Å². The van der Waals surface area contributed by atoms with Crippen LogP contribution in [0.15, 0.2) is 211 Å². The maximum absolute atomic E-state index is 6.59. The van der Waals surface area contributed by atoms with Gasteiger partial charge >= 0.3 is 0 Å². The fourth-order valence-corrected chi connectivity index (χ4v) is 13.7. The molecule has 54 heavy (non-hydrogen) atoms. The first kappa shape index (κ1) is 30.7. The molecule has 4 heteroatoms. The van der Waals surface area contributed by atoms with Crippen molar-refractivity contribution in [3.05, 3.63) is 206 Å². The molecule has 0 saturated heterocycles. The van der Waals surface area contributed by atoms with Gasteiger partial charge in [-0.05, 0) is 69.3 Å². The van der Waals surface area contributed by atoms with Gasteiger partial charge in [-0.2, -0.15) is 0 Å². The maximum Gasteiger partial charge on any atom is 0.213 e. The van der Waals surface area contributed by atoms with Gasteiger partial charge in [0.2, 0.25) is 5.71 Å². The van der Waals surface area contributed by atoms with E-state index in [1.165, 1.54) is 47.9 Å². The van der Waals surface area contributed by atoms with E-state index in [1.54, 1.807) is 0 Å². The summed E-state index contributed by atoms with van der Waals surface area (Å²) in [6.45, 7) is 0. The Balaban J connectivity index is 1.13. The highest BCUT2D eigenvalue weighted by Gasteiger charge is 2.41. The summed E-state index contributed by atoms with van der Waals surface area (Å²) in [6, 6.07) is 75.4. The van der Waals surface area contributed by atoms with E-state index in [-0.39, 0.29) is 0 Å². The number of para-hydroxylation sites is 4. The highest BCUT2D eigenvalue weighted by molar-refractivity contribution is 7.19. The molecule has 0 N–H and O–H groups in total. The lowest BCUT2D eigenvalue weighted by Crippen LogP contribution is -2.74. The predicted octanol–water partition coefficient (Wildman–Crippen LogP) is 10.0. The van der Waals surface area contributed by atoms with E-state index in [9.17, 15) is 0 Å². The van der Waals surface area contributed by atoms with E-state index in [0.29, 0.717) is 0 Å². The molecule has 0 saturated carbocycles. The Morgan fingerprint density at radius 3 is 1.24 bits per heavy atom. The van der Waals surface area contributed by atoms with Crippen LogP contribution in [0.4, 0.5) is 0 Å². The summed E-state index contributed by atoms with van der Waals surface area (Å²) < 4.78 is 11.3. The Morgan fingerprint density at radius 2 is 0.704 bits per heavy atom. The molecule has 0 fully saturated rings. The first-order valence-corrected chi connectivity index (χ1v) is 20.5. The van der Waals surface area contributed by atoms with Crippen LogP contribution < -0.4 is 20.7 Å². The van der Waals surface area contributed by atoms with Crippen LogP contribution in [0.2, 0.25) is 0 Å². The topological polar surface area (TPSA) is 23.0 Å². The van der Waals surface area contributed by atoms with Gasteiger partial charge in [-0.3, -0.25) is 4.57 Å². The fraction of sp³-hybridized carbons (Fsp3) is 0. The van der Waals surface area contributed by atoms with Crippen LogP contribution in [0.5, 0.6) is 0 Å². The quantitative estimate of drug-likeness (QED) is 0.125. The third-order valence-electron chi connectivity index (χ3n) is 11.3. The van der Waals surface area contributed by atoms with Crippen molar-refractivity contribution in [2.24, 2.45) is 0 Å². The summed E-state index contributed by atoms with van der Waals surface area (Å²) in [4.78, 5) is 0. The maximum atomic E-state index is 6.59. The lowest BCUT2D eigenvalue weighted by atomic mass is 10.1. The van der Waals surface area contributed by atoms with Gasteiger partial charge in [0.25, 0.3) is 0 Å². The van der Waals surface area contributed by atoms with Gasteiger partial charge in [0.1, 0.15) is 5.58 Å². The number of aromatic nitrogens is 2. The molecule has 11 aromatic rings. The van der Waals surface area contributed by atoms with Crippen molar-refractivity contribution < 1.29 is 4.42 Å². The molecule has 0 radical (unpaired) electrons. The second-order valence-corrected chi connectivity index (χ2v) is 17.9. The molecule has 0 aliphatic heterocycles. The van der Waals surface area contributed by atoms with Crippen molar-refractivity contribution in [1.29, 1.82) is 0 Å². The first-order chi connectivity index (χ1) is 26.8. The van der Waals surface area contributed by atoms with Crippen LogP contribution in [0.25, 0.3) is 66.2 Å². The van der Waals surface area contributed by atoms with Gasteiger partial charge in [0.05, 0.1) is 21.9 Å². The normalized spacial score (nSPS) is 12.1. The highest BCUT2D eigenvalue weighted by Crippen LogP contribution is 2.39. The van der Waals surface area contributed by atoms with Gasteiger partial charge in [0.15, 0.2) is 8.07 Å². The molecular weight excluding hydrogens is 673 g/mol. The van der Waals surface area contributed by atoms with Gasteiger partial charge in [-0.25, -0.2) is 0 Å². The predicted molar refractivity (Wildman–Crippen MR) is 229 cm³/mol. The standard InChI is InChI=1S/C50H34N2OSi/c1-3-15-37(16-4-1)54(38-17-5-2-6-18-38,39-31-27-35(28-32-39)51-45-23-11-7-19-41(45)42-20-8-12-24-46(42)51)40-33-29-36(30-34-40)52-47-25-13-9-21-43(47)49-44-22-10-14-26-48(44)53-50(49)52/h1-34H. The molecule has 3 heterocycles. The summed E-state index contributed by atoms with van der Waals surface area (Å²) in [7, 11) is -2.80. The average molecular weight is 707 g/mol. The number of furan rings is 1. The number of rotatable bonds is 6. The molecule has 0 aliphatic rings. The van der Waals surface area contributed by atoms with Crippen molar-refractivity contribution in [1.82, 2.24) is 9.13 Å². The Hall–Kier alpha value is -6.88. The van der Waals surface area contributed by atoms with Crippen molar-refractivity contribution in [2.75, 3.05) is 0 Å². The summed E-state index contributed by atoms with van der Waals surface area (Å²) in [5.41, 5.74) is 7.59. The molecule has 3 aromatic heterocycles. The van der Waals surface area contributed by atoms with E-state index in [2.05, 4.69) is 209 Å². The lowest BCUT2D eigenvalue weighted by Gasteiger charge is -2.34. The summed E-state index contributed by atoms with van der Waals surface area (Å²) in [5.74, 6) is 0. The molecule has 0 amide bonds. The van der Waals surface area contributed by atoms with Crippen LogP contribution in [0.3, 0.4) is 0 Å². The van der Waals surface area contributed by atoms with Crippen molar-refractivity contribution in [3.63, 3.8) is 0 Å². The monoisotopic (exact) mass is 706 g/mol. The van der Waals surface area contributed by atoms with E-state index in [0.717, 1.165) is 39.0 Å². The second-order valence-electron chi connectivity index (χ2n) is 14.1. The third-order valence-corrected chi connectivity index (χ3v) is 16.1. The van der Waals surface area contributed by atoms with Gasteiger partial charge in [0, 0.05) is 32.9 Å². The van der Waals surface area contributed by atoms with Crippen molar-refractivity contribution in [3.8, 4) is 11.4 Å². The Morgan fingerprint density at radius 1 is 0.315 bits per heavy atom. The smallest absolute Gasteiger partial charge is 0.213 e. The van der Waals surface area contributed by atoms with Crippen molar-refractivity contribution >= 4 is 83.6 Å². The van der Waals surface area contributed by atoms with E-state index in [1.807, 2.05) is 6.07 Å². The zero-order chi connectivity index (χ0) is 35.6. The zero-order valence-electron chi connectivity index (χ0n) is 29.4. The average Bonchev–Trinajstić information content (AvgIpc) is 3.90. The van der Waals surface area contributed by atoms with Gasteiger partial charge < -0.3 is 8.98 Å². The summed E-state index contributed by atoms with van der Waals surface area (Å²) in [6.07, 6.45) is 0. The number of benzene rings is 8. The third kappa shape index (κ3) is 4.41. The number of fused-ring (bicyclic) bond motifs is 8. The van der Waals surface area contributed by atoms with Crippen molar-refractivity contribution in [2.45, 2.75) is 0 Å². The van der Waals surface area contributed by atoms with E-state index >= 15 is 0 Å².